The average molecular weight is 943 g/mol. The third-order valence-electron chi connectivity index (χ3n) is 9.66. The van der Waals surface area contributed by atoms with E-state index in [-0.39, 0.29) is 19.3 Å². The van der Waals surface area contributed by atoms with E-state index in [1.165, 1.54) is 0 Å². The Labute approximate surface area is 399 Å². The first kappa shape index (κ1) is 62.1. The average Bonchev–Trinajstić information content (AvgIpc) is 3.30. The molecule has 0 aliphatic carbocycles. The molecule has 0 bridgehead atoms. The van der Waals surface area contributed by atoms with Crippen LogP contribution in [0.15, 0.2) is 109 Å². The maximum Gasteiger partial charge on any atom is 0.472 e. The number of allylic oxidation sites excluding steroid dienone is 18. The summed E-state index contributed by atoms with van der Waals surface area (Å²) in [5.41, 5.74) is 0. The Morgan fingerprint density at radius 3 is 1.29 bits per heavy atom. The number of phosphoric acid groups is 1. The minimum Gasteiger partial charge on any atom is -0.462 e. The van der Waals surface area contributed by atoms with Gasteiger partial charge in [-0.05, 0) is 103 Å². The van der Waals surface area contributed by atoms with Crippen LogP contribution in [0, 0.1) is 0 Å². The summed E-state index contributed by atoms with van der Waals surface area (Å²) in [6, 6.07) is 0. The van der Waals surface area contributed by atoms with Gasteiger partial charge in [-0.1, -0.05) is 162 Å². The predicted octanol–water partition coefficient (Wildman–Crippen LogP) is 13.9. The number of rotatable bonds is 44. The van der Waals surface area contributed by atoms with Crippen molar-refractivity contribution in [2.75, 3.05) is 26.4 Å². The first-order valence-corrected chi connectivity index (χ1v) is 26.3. The van der Waals surface area contributed by atoms with Gasteiger partial charge in [0.05, 0.1) is 19.8 Å². The summed E-state index contributed by atoms with van der Waals surface area (Å²) in [7, 11) is -4.77. The predicted molar refractivity (Wildman–Crippen MR) is 270 cm³/mol. The molecule has 3 unspecified atom stereocenters. The van der Waals surface area contributed by atoms with E-state index in [4.69, 9.17) is 23.3 Å². The number of esters is 3. The van der Waals surface area contributed by atoms with E-state index in [2.05, 4.69) is 118 Å². The number of unbranched alkanes of at least 4 members (excludes halogenated alkanes) is 9. The third kappa shape index (κ3) is 45.3. The number of hydrogen-bond donors (Lipinski definition) is 2. The first-order chi connectivity index (χ1) is 32.2. The van der Waals surface area contributed by atoms with Crippen LogP contribution in [-0.2, 0) is 42.2 Å². The van der Waals surface area contributed by atoms with Crippen LogP contribution in [0.4, 0.5) is 0 Å². The molecule has 0 spiro atoms. The molecular weight excluding hydrogens is 856 g/mol. The maximum absolute atomic E-state index is 12.8. The number of aliphatic hydroxyl groups is 1. The SMILES string of the molecule is CC/C=C\C/C=C\C/C=C\C/C=C\CCC(=O)OCC(COP(=O)(O)OCC(CO)OC(=O)CCCCCCC/C=C\C/C=C\CCC)OC(=O)CCCCC/C=C\C/C=C\C/C=C\CC. The molecule has 0 heterocycles. The fourth-order valence-corrected chi connectivity index (χ4v) is 6.73. The van der Waals surface area contributed by atoms with E-state index in [1.54, 1.807) is 0 Å². The molecule has 0 amide bonds. The Kier molecular flexibility index (Phi) is 44.8. The van der Waals surface area contributed by atoms with Gasteiger partial charge >= 0.3 is 25.7 Å². The van der Waals surface area contributed by atoms with Crippen molar-refractivity contribution in [1.82, 2.24) is 0 Å². The second-order valence-electron chi connectivity index (χ2n) is 15.9. The molecule has 0 saturated carbocycles. The molecule has 0 saturated heterocycles. The second-order valence-corrected chi connectivity index (χ2v) is 17.3. The molecule has 11 nitrogen and oxygen atoms in total. The van der Waals surface area contributed by atoms with Gasteiger partial charge in [0, 0.05) is 19.3 Å². The molecular formula is C54H87O11P. The maximum atomic E-state index is 12.8. The van der Waals surface area contributed by atoms with Crippen molar-refractivity contribution in [3.63, 3.8) is 0 Å². The third-order valence-corrected chi connectivity index (χ3v) is 10.6. The number of aliphatic hydroxyl groups excluding tert-OH is 1. The lowest BCUT2D eigenvalue weighted by Crippen LogP contribution is -2.30. The van der Waals surface area contributed by atoms with E-state index in [1.807, 2.05) is 12.2 Å². The lowest BCUT2D eigenvalue weighted by molar-refractivity contribution is -0.161. The summed E-state index contributed by atoms with van der Waals surface area (Å²) in [5.74, 6) is -1.63. The largest absolute Gasteiger partial charge is 0.472 e. The standard InChI is InChI=1S/C54H87O11P/c1-4-7-10-13-16-19-22-25-28-31-34-37-40-43-52(56)61-47-51(65-54(58)45-42-39-36-33-30-27-24-21-18-15-12-9-6-3)49-63-66(59,60)62-48-50(46-55)64-53(57)44-41-38-35-32-29-26-23-20-17-14-11-8-5-2/h7,9-12,14,16,18-21,23,25,27-28,30,34,37,50-51,55H,4-6,8,13,15,17,22,24,26,29,31-33,35-36,38-49H2,1-3H3,(H,59,60)/b10-7-,12-9-,14-11-,19-16-,21-18-,23-20-,28-25-,30-27-,37-34-. The zero-order valence-corrected chi connectivity index (χ0v) is 41.8. The van der Waals surface area contributed by atoms with Crippen molar-refractivity contribution in [3.05, 3.63) is 109 Å². The zero-order chi connectivity index (χ0) is 48.4. The highest BCUT2D eigenvalue weighted by Crippen LogP contribution is 2.43. The van der Waals surface area contributed by atoms with E-state index >= 15 is 0 Å². The van der Waals surface area contributed by atoms with Crippen molar-refractivity contribution in [2.24, 2.45) is 0 Å². The van der Waals surface area contributed by atoms with Crippen LogP contribution in [0.1, 0.15) is 175 Å². The van der Waals surface area contributed by atoms with Crippen LogP contribution in [0.2, 0.25) is 0 Å². The summed E-state index contributed by atoms with van der Waals surface area (Å²) in [4.78, 5) is 48.2. The van der Waals surface area contributed by atoms with Gasteiger partial charge in [-0.25, -0.2) is 4.57 Å². The van der Waals surface area contributed by atoms with Gasteiger partial charge in [0.2, 0.25) is 0 Å². The summed E-state index contributed by atoms with van der Waals surface area (Å²) in [6.45, 7) is 4.16. The van der Waals surface area contributed by atoms with Crippen LogP contribution in [-0.4, -0.2) is 66.5 Å². The van der Waals surface area contributed by atoms with Crippen molar-refractivity contribution >= 4 is 25.7 Å². The molecule has 66 heavy (non-hydrogen) atoms. The quantitative estimate of drug-likeness (QED) is 0.0197. The molecule has 0 aromatic rings. The Bertz CT molecular complexity index is 1520. The fraction of sp³-hybridized carbons (Fsp3) is 0.611. The van der Waals surface area contributed by atoms with E-state index in [9.17, 15) is 28.9 Å². The molecule has 0 rings (SSSR count). The lowest BCUT2D eigenvalue weighted by Gasteiger charge is -2.21. The first-order valence-electron chi connectivity index (χ1n) is 24.8. The number of phosphoric ester groups is 1. The van der Waals surface area contributed by atoms with Crippen LogP contribution in [0.5, 0.6) is 0 Å². The Hall–Kier alpha value is -3.86. The molecule has 0 aliphatic rings. The molecule has 0 aromatic carbocycles. The van der Waals surface area contributed by atoms with Crippen molar-refractivity contribution in [1.29, 1.82) is 0 Å². The highest BCUT2D eigenvalue weighted by molar-refractivity contribution is 7.47. The lowest BCUT2D eigenvalue weighted by atomic mass is 10.1. The normalized spacial score (nSPS) is 14.4. The van der Waals surface area contributed by atoms with Crippen molar-refractivity contribution in [2.45, 2.75) is 187 Å². The number of carbonyl (C=O) groups is 3. The van der Waals surface area contributed by atoms with Gasteiger partial charge in [-0.15, -0.1) is 0 Å². The topological polar surface area (TPSA) is 155 Å². The number of hydrogen-bond acceptors (Lipinski definition) is 10. The molecule has 2 N–H and O–H groups in total. The smallest absolute Gasteiger partial charge is 0.462 e. The van der Waals surface area contributed by atoms with Crippen molar-refractivity contribution in [3.8, 4) is 0 Å². The Balaban J connectivity index is 4.89. The highest BCUT2D eigenvalue weighted by atomic mass is 31.2. The minimum atomic E-state index is -4.77. The van der Waals surface area contributed by atoms with Gasteiger partial charge in [0.25, 0.3) is 0 Å². The molecule has 3 atom stereocenters. The van der Waals surface area contributed by atoms with Crippen LogP contribution >= 0.6 is 7.82 Å². The van der Waals surface area contributed by atoms with Gasteiger partial charge in [0.1, 0.15) is 12.7 Å². The van der Waals surface area contributed by atoms with Crippen LogP contribution in [0.3, 0.4) is 0 Å². The summed E-state index contributed by atoms with van der Waals surface area (Å²) in [5, 5.41) is 9.76. The van der Waals surface area contributed by atoms with E-state index < -0.39 is 64.4 Å². The van der Waals surface area contributed by atoms with Gasteiger partial charge in [-0.2, -0.15) is 0 Å². The van der Waals surface area contributed by atoms with E-state index in [0.717, 1.165) is 116 Å². The summed E-state index contributed by atoms with van der Waals surface area (Å²) < 4.78 is 39.1. The molecule has 0 radical (unpaired) electrons. The fourth-order valence-electron chi connectivity index (χ4n) is 5.95. The Morgan fingerprint density at radius 1 is 0.439 bits per heavy atom. The summed E-state index contributed by atoms with van der Waals surface area (Å²) in [6.07, 6.45) is 55.1. The zero-order valence-electron chi connectivity index (χ0n) is 40.9. The molecule has 0 aliphatic heterocycles. The Morgan fingerprint density at radius 2 is 0.818 bits per heavy atom. The molecule has 12 heteroatoms. The van der Waals surface area contributed by atoms with Crippen LogP contribution < -0.4 is 0 Å². The summed E-state index contributed by atoms with van der Waals surface area (Å²) >= 11 is 0. The highest BCUT2D eigenvalue weighted by Gasteiger charge is 2.28. The van der Waals surface area contributed by atoms with Gasteiger partial charge in [-0.3, -0.25) is 23.4 Å². The molecule has 0 fully saturated rings. The van der Waals surface area contributed by atoms with Crippen LogP contribution in [0.25, 0.3) is 0 Å². The second kappa shape index (κ2) is 47.6. The van der Waals surface area contributed by atoms with Gasteiger partial charge < -0.3 is 24.2 Å². The minimum absolute atomic E-state index is 0.0924. The molecule has 374 valence electrons. The van der Waals surface area contributed by atoms with Crippen molar-refractivity contribution < 1.29 is 52.2 Å². The number of carbonyl (C=O) groups excluding carboxylic acids is 3. The monoisotopic (exact) mass is 943 g/mol. The molecule has 0 aromatic heterocycles. The van der Waals surface area contributed by atoms with E-state index in [0.29, 0.717) is 19.3 Å². The number of ether oxygens (including phenoxy) is 3. The van der Waals surface area contributed by atoms with Gasteiger partial charge in [0.15, 0.2) is 6.10 Å².